The lowest BCUT2D eigenvalue weighted by Crippen LogP contribution is -2.27. The van der Waals surface area contributed by atoms with E-state index in [2.05, 4.69) is 15.4 Å². The molecule has 0 fully saturated rings. The van der Waals surface area contributed by atoms with Gasteiger partial charge in [-0.05, 0) is 40.8 Å². The van der Waals surface area contributed by atoms with Crippen LogP contribution in [-0.2, 0) is 15.9 Å². The molecule has 0 bridgehead atoms. The van der Waals surface area contributed by atoms with Gasteiger partial charge in [0, 0.05) is 13.0 Å². The van der Waals surface area contributed by atoms with Crippen molar-refractivity contribution in [1.82, 2.24) is 20.1 Å². The van der Waals surface area contributed by atoms with Crippen LogP contribution in [0.1, 0.15) is 33.0 Å². The third-order valence-electron chi connectivity index (χ3n) is 2.31. The number of nitrogens with one attached hydrogen (secondary N) is 1. The molecule has 0 atom stereocenters. The van der Waals surface area contributed by atoms with E-state index >= 15 is 0 Å². The molecule has 1 rings (SSSR count). The zero-order chi connectivity index (χ0) is 15.0. The van der Waals surface area contributed by atoms with Gasteiger partial charge >= 0.3 is 6.09 Å². The Bertz CT molecular complexity index is 412. The molecule has 7 heteroatoms. The number of carbonyl (C=O) groups is 1. The highest BCUT2D eigenvalue weighted by atomic mass is 16.6. The van der Waals surface area contributed by atoms with Crippen LogP contribution in [0.3, 0.4) is 0 Å². The molecule has 114 valence electrons. The smallest absolute Gasteiger partial charge is 0.436 e. The SMILES string of the molecule is CNCCCOCCc1ncn(C(=O)OC(C)(C)C)n1. The summed E-state index contributed by atoms with van der Waals surface area (Å²) in [4.78, 5) is 15.8. The standard InChI is InChI=1S/C13H24N4O3/c1-13(2,3)20-12(18)17-10-15-11(16-17)6-9-19-8-5-7-14-4/h10,14H,5-9H2,1-4H3. The second-order valence-electron chi connectivity index (χ2n) is 5.41. The highest BCUT2D eigenvalue weighted by Gasteiger charge is 2.18. The number of ether oxygens (including phenoxy) is 2. The third-order valence-corrected chi connectivity index (χ3v) is 2.31. The van der Waals surface area contributed by atoms with Gasteiger partial charge in [0.15, 0.2) is 5.82 Å². The molecule has 0 amide bonds. The molecule has 0 saturated heterocycles. The highest BCUT2D eigenvalue weighted by molar-refractivity contribution is 5.69. The molecule has 0 aromatic carbocycles. The molecule has 20 heavy (non-hydrogen) atoms. The molecular formula is C13H24N4O3. The topological polar surface area (TPSA) is 78.3 Å². The molecule has 0 saturated carbocycles. The largest absolute Gasteiger partial charge is 0.442 e. The monoisotopic (exact) mass is 284 g/mol. The summed E-state index contributed by atoms with van der Waals surface area (Å²) in [6.07, 6.45) is 2.39. The van der Waals surface area contributed by atoms with Crippen LogP contribution in [-0.4, -0.2) is 53.3 Å². The first-order valence-electron chi connectivity index (χ1n) is 6.78. The van der Waals surface area contributed by atoms with Gasteiger partial charge in [0.2, 0.25) is 0 Å². The molecule has 0 radical (unpaired) electrons. The van der Waals surface area contributed by atoms with Crippen molar-refractivity contribution in [2.24, 2.45) is 0 Å². The van der Waals surface area contributed by atoms with E-state index < -0.39 is 11.7 Å². The fourth-order valence-corrected chi connectivity index (χ4v) is 1.43. The molecule has 1 aromatic heterocycles. The van der Waals surface area contributed by atoms with Gasteiger partial charge in [0.1, 0.15) is 11.9 Å². The Kier molecular flexibility index (Phi) is 6.60. The average Bonchev–Trinajstić information content (AvgIpc) is 2.80. The van der Waals surface area contributed by atoms with Crippen LogP contribution >= 0.6 is 0 Å². The maximum absolute atomic E-state index is 11.7. The molecule has 0 aliphatic heterocycles. The molecule has 0 aliphatic rings. The van der Waals surface area contributed by atoms with Crippen molar-refractivity contribution in [3.05, 3.63) is 12.2 Å². The molecular weight excluding hydrogens is 260 g/mol. The number of hydrogen-bond donors (Lipinski definition) is 1. The minimum atomic E-state index is -0.542. The van der Waals surface area contributed by atoms with Crippen LogP contribution < -0.4 is 5.32 Å². The summed E-state index contributed by atoms with van der Waals surface area (Å²) in [5.74, 6) is 0.574. The van der Waals surface area contributed by atoms with Gasteiger partial charge in [-0.25, -0.2) is 9.78 Å². The van der Waals surface area contributed by atoms with Crippen molar-refractivity contribution in [2.45, 2.75) is 39.2 Å². The van der Waals surface area contributed by atoms with Crippen LogP contribution in [0.15, 0.2) is 6.33 Å². The summed E-state index contributed by atoms with van der Waals surface area (Å²) in [7, 11) is 1.91. The van der Waals surface area contributed by atoms with Gasteiger partial charge in [0.25, 0.3) is 0 Å². The van der Waals surface area contributed by atoms with Crippen molar-refractivity contribution in [2.75, 3.05) is 26.8 Å². The van der Waals surface area contributed by atoms with Crippen molar-refractivity contribution < 1.29 is 14.3 Å². The maximum atomic E-state index is 11.7. The predicted octanol–water partition coefficient (Wildman–Crippen LogP) is 1.23. The number of aromatic nitrogens is 3. The normalized spacial score (nSPS) is 11.6. The van der Waals surface area contributed by atoms with E-state index in [0.717, 1.165) is 17.6 Å². The van der Waals surface area contributed by atoms with Crippen molar-refractivity contribution in [1.29, 1.82) is 0 Å². The molecule has 0 aliphatic carbocycles. The van der Waals surface area contributed by atoms with Crippen LogP contribution in [0.2, 0.25) is 0 Å². The van der Waals surface area contributed by atoms with Gasteiger partial charge in [0.05, 0.1) is 6.61 Å². The van der Waals surface area contributed by atoms with Crippen LogP contribution in [0.25, 0.3) is 0 Å². The van der Waals surface area contributed by atoms with E-state index in [-0.39, 0.29) is 0 Å². The van der Waals surface area contributed by atoms with E-state index in [9.17, 15) is 4.79 Å². The van der Waals surface area contributed by atoms with Crippen molar-refractivity contribution >= 4 is 6.09 Å². The Hall–Kier alpha value is -1.47. The Morgan fingerprint density at radius 3 is 2.80 bits per heavy atom. The third kappa shape index (κ3) is 6.63. The maximum Gasteiger partial charge on any atom is 0.436 e. The van der Waals surface area contributed by atoms with E-state index in [1.54, 1.807) is 0 Å². The minimum Gasteiger partial charge on any atom is -0.442 e. The molecule has 1 N–H and O–H groups in total. The zero-order valence-corrected chi connectivity index (χ0v) is 12.7. The zero-order valence-electron chi connectivity index (χ0n) is 12.7. The van der Waals surface area contributed by atoms with Gasteiger partial charge in [-0.15, -0.1) is 5.10 Å². The van der Waals surface area contributed by atoms with Crippen LogP contribution in [0.4, 0.5) is 4.79 Å². The number of carbonyl (C=O) groups excluding carboxylic acids is 1. The van der Waals surface area contributed by atoms with Gasteiger partial charge in [-0.1, -0.05) is 0 Å². The Morgan fingerprint density at radius 1 is 1.40 bits per heavy atom. The predicted molar refractivity (Wildman–Crippen MR) is 74.7 cm³/mol. The summed E-state index contributed by atoms with van der Waals surface area (Å²) in [6.45, 7) is 7.60. The fourth-order valence-electron chi connectivity index (χ4n) is 1.43. The molecule has 0 spiro atoms. The van der Waals surface area contributed by atoms with Crippen LogP contribution in [0, 0.1) is 0 Å². The first-order chi connectivity index (χ1) is 9.42. The summed E-state index contributed by atoms with van der Waals surface area (Å²) >= 11 is 0. The molecule has 0 unspecified atom stereocenters. The Labute approximate surface area is 119 Å². The fraction of sp³-hybridized carbons (Fsp3) is 0.769. The average molecular weight is 284 g/mol. The lowest BCUT2D eigenvalue weighted by Gasteiger charge is -2.18. The first-order valence-corrected chi connectivity index (χ1v) is 6.78. The lowest BCUT2D eigenvalue weighted by atomic mass is 10.2. The first kappa shape index (κ1) is 16.6. The number of hydrogen-bond acceptors (Lipinski definition) is 6. The summed E-state index contributed by atoms with van der Waals surface area (Å²) < 4.78 is 11.7. The van der Waals surface area contributed by atoms with E-state index in [1.807, 2.05) is 27.8 Å². The highest BCUT2D eigenvalue weighted by Crippen LogP contribution is 2.08. The summed E-state index contributed by atoms with van der Waals surface area (Å²) in [5.41, 5.74) is -0.542. The Balaban J connectivity index is 2.31. The van der Waals surface area contributed by atoms with Gasteiger partial charge in [-0.3, -0.25) is 0 Å². The van der Waals surface area contributed by atoms with Gasteiger partial charge in [-0.2, -0.15) is 4.68 Å². The second-order valence-corrected chi connectivity index (χ2v) is 5.41. The van der Waals surface area contributed by atoms with E-state index in [4.69, 9.17) is 9.47 Å². The number of nitrogens with zero attached hydrogens (tertiary/aromatic N) is 3. The molecule has 1 heterocycles. The Morgan fingerprint density at radius 2 is 2.15 bits per heavy atom. The quantitative estimate of drug-likeness (QED) is 0.759. The van der Waals surface area contributed by atoms with E-state index in [1.165, 1.54) is 6.33 Å². The van der Waals surface area contributed by atoms with Crippen LogP contribution in [0.5, 0.6) is 0 Å². The van der Waals surface area contributed by atoms with Crippen molar-refractivity contribution in [3.8, 4) is 0 Å². The van der Waals surface area contributed by atoms with Crippen molar-refractivity contribution in [3.63, 3.8) is 0 Å². The second kappa shape index (κ2) is 7.96. The molecule has 1 aromatic rings. The summed E-state index contributed by atoms with van der Waals surface area (Å²) in [5, 5.41) is 7.12. The van der Waals surface area contributed by atoms with Gasteiger partial charge < -0.3 is 14.8 Å². The lowest BCUT2D eigenvalue weighted by molar-refractivity contribution is 0.0513. The summed E-state index contributed by atoms with van der Waals surface area (Å²) in [6, 6.07) is 0. The van der Waals surface area contributed by atoms with E-state index in [0.29, 0.717) is 25.5 Å². The number of rotatable bonds is 7. The molecule has 7 nitrogen and oxygen atoms in total. The minimum absolute atomic E-state index is 0.522.